The third-order valence-corrected chi connectivity index (χ3v) is 3.18. The number of fused-ring (bicyclic) bond motifs is 1. The fraction of sp³-hybridized carbons (Fsp3) is 0.250. The van der Waals surface area contributed by atoms with Gasteiger partial charge in [-0.2, -0.15) is 0 Å². The van der Waals surface area contributed by atoms with Gasteiger partial charge >= 0.3 is 0 Å². The van der Waals surface area contributed by atoms with Gasteiger partial charge in [-0.05, 0) is 24.3 Å². The molecular formula is C16H16N2O5. The van der Waals surface area contributed by atoms with E-state index in [2.05, 4.69) is 10.3 Å². The first kappa shape index (κ1) is 15.1. The molecule has 23 heavy (non-hydrogen) atoms. The van der Waals surface area contributed by atoms with Crippen molar-refractivity contribution < 1.29 is 24.1 Å². The zero-order valence-electron chi connectivity index (χ0n) is 12.3. The van der Waals surface area contributed by atoms with E-state index in [9.17, 15) is 9.90 Å². The van der Waals surface area contributed by atoms with Gasteiger partial charge in [-0.1, -0.05) is 6.07 Å². The van der Waals surface area contributed by atoms with Crippen molar-refractivity contribution in [1.82, 2.24) is 10.3 Å². The molecule has 3 rings (SSSR count). The van der Waals surface area contributed by atoms with Crippen LogP contribution in [0.15, 0.2) is 42.6 Å². The summed E-state index contributed by atoms with van der Waals surface area (Å²) in [5.74, 6) is 1.50. The number of pyridine rings is 1. The highest BCUT2D eigenvalue weighted by molar-refractivity contribution is 5.92. The van der Waals surface area contributed by atoms with Crippen LogP contribution in [0.4, 0.5) is 0 Å². The monoisotopic (exact) mass is 316 g/mol. The molecule has 0 fully saturated rings. The lowest BCUT2D eigenvalue weighted by atomic mass is 10.3. The topological polar surface area (TPSA) is 89.9 Å². The summed E-state index contributed by atoms with van der Waals surface area (Å²) in [7, 11) is 0. The van der Waals surface area contributed by atoms with E-state index in [0.29, 0.717) is 22.9 Å². The molecule has 0 saturated carbocycles. The van der Waals surface area contributed by atoms with E-state index in [-0.39, 0.29) is 25.9 Å². The van der Waals surface area contributed by atoms with E-state index in [0.717, 1.165) is 0 Å². The van der Waals surface area contributed by atoms with E-state index < -0.39 is 6.10 Å². The Hall–Kier alpha value is -2.80. The van der Waals surface area contributed by atoms with Crippen molar-refractivity contribution in [2.75, 3.05) is 19.9 Å². The SMILES string of the molecule is O=C(NCC(O)COc1ccc2c(c1)OCO2)c1ccccn1. The lowest BCUT2D eigenvalue weighted by molar-refractivity contribution is 0.0839. The highest BCUT2D eigenvalue weighted by Crippen LogP contribution is 2.35. The maximum atomic E-state index is 11.8. The molecule has 1 atom stereocenters. The van der Waals surface area contributed by atoms with Crippen LogP contribution < -0.4 is 19.5 Å². The summed E-state index contributed by atoms with van der Waals surface area (Å²) in [6.45, 7) is 0.309. The first-order chi connectivity index (χ1) is 11.2. The predicted molar refractivity (Wildman–Crippen MR) is 80.6 cm³/mol. The number of rotatable bonds is 6. The van der Waals surface area contributed by atoms with Crippen LogP contribution >= 0.6 is 0 Å². The van der Waals surface area contributed by atoms with E-state index in [1.807, 2.05) is 0 Å². The van der Waals surface area contributed by atoms with Gasteiger partial charge in [0.1, 0.15) is 24.2 Å². The Balaban J connectivity index is 1.44. The smallest absolute Gasteiger partial charge is 0.269 e. The third-order valence-electron chi connectivity index (χ3n) is 3.18. The molecule has 7 nitrogen and oxygen atoms in total. The van der Waals surface area contributed by atoms with Crippen LogP contribution in [-0.4, -0.2) is 42.0 Å². The minimum absolute atomic E-state index is 0.0438. The summed E-state index contributed by atoms with van der Waals surface area (Å²) in [6, 6.07) is 10.2. The summed E-state index contributed by atoms with van der Waals surface area (Å²) in [6.07, 6.45) is 0.696. The second kappa shape index (κ2) is 6.97. The quantitative estimate of drug-likeness (QED) is 0.826. The Morgan fingerprint density at radius 2 is 2.17 bits per heavy atom. The van der Waals surface area contributed by atoms with Gasteiger partial charge in [0, 0.05) is 18.8 Å². The number of benzene rings is 1. The maximum absolute atomic E-state index is 11.8. The molecule has 2 aromatic rings. The minimum atomic E-state index is -0.840. The van der Waals surface area contributed by atoms with Gasteiger partial charge in [-0.3, -0.25) is 9.78 Å². The van der Waals surface area contributed by atoms with E-state index in [1.165, 1.54) is 6.20 Å². The average Bonchev–Trinajstić information content (AvgIpc) is 3.06. The number of carbonyl (C=O) groups excluding carboxylic acids is 1. The van der Waals surface area contributed by atoms with Gasteiger partial charge in [0.2, 0.25) is 6.79 Å². The van der Waals surface area contributed by atoms with Crippen molar-refractivity contribution in [3.05, 3.63) is 48.3 Å². The number of carbonyl (C=O) groups is 1. The minimum Gasteiger partial charge on any atom is -0.491 e. The highest BCUT2D eigenvalue weighted by atomic mass is 16.7. The predicted octanol–water partition coefficient (Wildman–Crippen LogP) is 0.980. The van der Waals surface area contributed by atoms with Crippen LogP contribution in [0.1, 0.15) is 10.5 Å². The number of aromatic nitrogens is 1. The molecule has 0 aliphatic carbocycles. The molecular weight excluding hydrogens is 300 g/mol. The van der Waals surface area contributed by atoms with Crippen molar-refractivity contribution in [1.29, 1.82) is 0 Å². The molecule has 2 N–H and O–H groups in total. The van der Waals surface area contributed by atoms with Gasteiger partial charge in [0.15, 0.2) is 11.5 Å². The second-order valence-corrected chi connectivity index (χ2v) is 4.90. The number of hydrogen-bond acceptors (Lipinski definition) is 6. The van der Waals surface area contributed by atoms with Crippen LogP contribution in [0.25, 0.3) is 0 Å². The van der Waals surface area contributed by atoms with Crippen molar-refractivity contribution in [3.8, 4) is 17.2 Å². The largest absolute Gasteiger partial charge is 0.491 e. The van der Waals surface area contributed by atoms with Gasteiger partial charge in [-0.15, -0.1) is 0 Å². The zero-order chi connectivity index (χ0) is 16.1. The summed E-state index contributed by atoms with van der Waals surface area (Å²) >= 11 is 0. The fourth-order valence-electron chi connectivity index (χ4n) is 2.02. The molecule has 1 unspecified atom stereocenters. The molecule has 2 heterocycles. The number of amides is 1. The average molecular weight is 316 g/mol. The first-order valence-electron chi connectivity index (χ1n) is 7.12. The molecule has 0 bridgehead atoms. The van der Waals surface area contributed by atoms with Crippen molar-refractivity contribution >= 4 is 5.91 Å². The van der Waals surface area contributed by atoms with Crippen LogP contribution in [0.2, 0.25) is 0 Å². The van der Waals surface area contributed by atoms with Crippen LogP contribution in [0, 0.1) is 0 Å². The zero-order valence-corrected chi connectivity index (χ0v) is 12.3. The molecule has 1 amide bonds. The Morgan fingerprint density at radius 1 is 1.30 bits per heavy atom. The van der Waals surface area contributed by atoms with Crippen LogP contribution in [0.3, 0.4) is 0 Å². The van der Waals surface area contributed by atoms with Gasteiger partial charge in [0.25, 0.3) is 5.91 Å². The third kappa shape index (κ3) is 3.89. The number of ether oxygens (including phenoxy) is 3. The van der Waals surface area contributed by atoms with Gasteiger partial charge < -0.3 is 24.6 Å². The number of hydrogen-bond donors (Lipinski definition) is 2. The number of aliphatic hydroxyl groups excluding tert-OH is 1. The Morgan fingerprint density at radius 3 is 3.00 bits per heavy atom. The molecule has 0 saturated heterocycles. The van der Waals surface area contributed by atoms with Gasteiger partial charge in [0.05, 0.1) is 0 Å². The van der Waals surface area contributed by atoms with Crippen molar-refractivity contribution in [3.63, 3.8) is 0 Å². The second-order valence-electron chi connectivity index (χ2n) is 4.90. The number of nitrogens with one attached hydrogen (secondary N) is 1. The normalized spacial score (nSPS) is 13.4. The fourth-order valence-corrected chi connectivity index (χ4v) is 2.02. The molecule has 7 heteroatoms. The van der Waals surface area contributed by atoms with Gasteiger partial charge in [-0.25, -0.2) is 0 Å². The lowest BCUT2D eigenvalue weighted by Crippen LogP contribution is -2.35. The van der Waals surface area contributed by atoms with E-state index in [4.69, 9.17) is 14.2 Å². The molecule has 0 spiro atoms. The molecule has 1 aromatic heterocycles. The summed E-state index contributed by atoms with van der Waals surface area (Å²) < 4.78 is 15.9. The van der Waals surface area contributed by atoms with Crippen LogP contribution in [0.5, 0.6) is 17.2 Å². The summed E-state index contributed by atoms with van der Waals surface area (Å²) in [4.78, 5) is 15.7. The Bertz CT molecular complexity index is 677. The standard InChI is InChI=1S/C16H16N2O5/c19-11(8-18-16(20)13-3-1-2-6-17-13)9-21-12-4-5-14-15(7-12)23-10-22-14/h1-7,11,19H,8-10H2,(H,18,20). The van der Waals surface area contributed by atoms with E-state index in [1.54, 1.807) is 36.4 Å². The number of nitrogens with zero attached hydrogens (tertiary/aromatic N) is 1. The molecule has 1 aliphatic rings. The van der Waals surface area contributed by atoms with Crippen molar-refractivity contribution in [2.24, 2.45) is 0 Å². The van der Waals surface area contributed by atoms with Crippen LogP contribution in [-0.2, 0) is 0 Å². The number of aliphatic hydroxyl groups is 1. The Kier molecular flexibility index (Phi) is 4.58. The maximum Gasteiger partial charge on any atom is 0.269 e. The van der Waals surface area contributed by atoms with Crippen molar-refractivity contribution in [2.45, 2.75) is 6.10 Å². The summed E-state index contributed by atoms with van der Waals surface area (Å²) in [5.41, 5.74) is 0.302. The summed E-state index contributed by atoms with van der Waals surface area (Å²) in [5, 5.41) is 12.5. The first-order valence-corrected chi connectivity index (χ1v) is 7.12. The highest BCUT2D eigenvalue weighted by Gasteiger charge is 2.15. The van der Waals surface area contributed by atoms with E-state index >= 15 is 0 Å². The molecule has 1 aromatic carbocycles. The molecule has 0 radical (unpaired) electrons. The molecule has 1 aliphatic heterocycles. The molecule has 120 valence electrons. The Labute approximate surface area is 132 Å². The lowest BCUT2D eigenvalue weighted by Gasteiger charge is -2.13.